The molecule has 0 aliphatic carbocycles. The number of rotatable bonds is 6. The number of hydrogen-bond acceptors (Lipinski definition) is 6. The van der Waals surface area contributed by atoms with E-state index in [9.17, 15) is 18.0 Å². The van der Waals surface area contributed by atoms with Gasteiger partial charge in [-0.1, -0.05) is 19.1 Å². The Morgan fingerprint density at radius 1 is 1.21 bits per heavy atom. The van der Waals surface area contributed by atoms with E-state index in [1.54, 1.807) is 35.2 Å². The number of nitrogens with one attached hydrogen (secondary N) is 2. The molecule has 2 aliphatic rings. The number of para-hydroxylation sites is 2. The number of ether oxygens (including phenoxy) is 1. The molecule has 4 rings (SSSR count). The van der Waals surface area contributed by atoms with Crippen LogP contribution in [0.5, 0.6) is 5.75 Å². The number of anilines is 2. The second kappa shape index (κ2) is 9.64. The first-order valence-electron chi connectivity index (χ1n) is 10.9. The number of fused-ring (bicyclic) bond motifs is 1. The SMILES string of the molecule is CCOc1ccccc1NS(=O)(=O)c1ccc2c(c1)NC(=O)C(C(=O)N1CCC(C)CC1)S2. The highest BCUT2D eigenvalue weighted by Crippen LogP contribution is 2.38. The van der Waals surface area contributed by atoms with Crippen molar-refractivity contribution in [3.05, 3.63) is 42.5 Å². The second-order valence-electron chi connectivity index (χ2n) is 8.19. The third kappa shape index (κ3) is 5.11. The van der Waals surface area contributed by atoms with Crippen LogP contribution < -0.4 is 14.8 Å². The van der Waals surface area contributed by atoms with Crippen molar-refractivity contribution in [2.45, 2.75) is 41.7 Å². The zero-order chi connectivity index (χ0) is 23.6. The van der Waals surface area contributed by atoms with Gasteiger partial charge < -0.3 is 15.0 Å². The molecule has 0 bridgehead atoms. The zero-order valence-corrected chi connectivity index (χ0v) is 20.2. The van der Waals surface area contributed by atoms with Crippen LogP contribution in [0, 0.1) is 5.92 Å². The molecule has 2 aromatic rings. The molecule has 0 spiro atoms. The monoisotopic (exact) mass is 489 g/mol. The summed E-state index contributed by atoms with van der Waals surface area (Å²) in [5, 5.41) is 1.85. The van der Waals surface area contributed by atoms with Gasteiger partial charge in [0.25, 0.3) is 10.0 Å². The highest BCUT2D eigenvalue weighted by atomic mass is 32.2. The molecule has 2 N–H and O–H groups in total. The van der Waals surface area contributed by atoms with Gasteiger partial charge in [0.15, 0.2) is 5.25 Å². The molecular formula is C23H27N3O5S2. The summed E-state index contributed by atoms with van der Waals surface area (Å²) in [6, 6.07) is 11.3. The quantitative estimate of drug-likeness (QED) is 0.601. The molecule has 0 aromatic heterocycles. The number of amides is 2. The molecule has 0 saturated carbocycles. The van der Waals surface area contributed by atoms with Crippen molar-refractivity contribution in [3.8, 4) is 5.75 Å². The maximum Gasteiger partial charge on any atom is 0.262 e. The van der Waals surface area contributed by atoms with E-state index in [-0.39, 0.29) is 10.8 Å². The largest absolute Gasteiger partial charge is 0.492 e. The van der Waals surface area contributed by atoms with Crippen molar-refractivity contribution in [2.24, 2.45) is 5.92 Å². The van der Waals surface area contributed by atoms with Crippen LogP contribution in [0.15, 0.2) is 52.3 Å². The number of thioether (sulfide) groups is 1. The maximum absolute atomic E-state index is 13.0. The third-order valence-corrected chi connectivity index (χ3v) is 8.38. The van der Waals surface area contributed by atoms with Crippen molar-refractivity contribution in [1.29, 1.82) is 0 Å². The number of sulfonamides is 1. The van der Waals surface area contributed by atoms with Crippen LogP contribution in [0.1, 0.15) is 26.7 Å². The molecule has 2 aromatic carbocycles. The topological polar surface area (TPSA) is 105 Å². The average Bonchev–Trinajstić information content (AvgIpc) is 2.79. The van der Waals surface area contributed by atoms with Crippen molar-refractivity contribution in [3.63, 3.8) is 0 Å². The Morgan fingerprint density at radius 2 is 1.94 bits per heavy atom. The Labute approximate surface area is 198 Å². The fourth-order valence-corrected chi connectivity index (χ4v) is 6.00. The summed E-state index contributed by atoms with van der Waals surface area (Å²) in [5.74, 6) is 0.386. The molecule has 2 amide bonds. The van der Waals surface area contributed by atoms with Gasteiger partial charge in [0.1, 0.15) is 5.75 Å². The van der Waals surface area contributed by atoms with Crippen LogP contribution in [0.4, 0.5) is 11.4 Å². The van der Waals surface area contributed by atoms with E-state index >= 15 is 0 Å². The van der Waals surface area contributed by atoms with Crippen molar-refractivity contribution < 1.29 is 22.7 Å². The third-order valence-electron chi connectivity index (χ3n) is 5.75. The first-order valence-corrected chi connectivity index (χ1v) is 13.3. The number of carbonyl (C=O) groups excluding carboxylic acids is 2. The number of piperidine rings is 1. The smallest absolute Gasteiger partial charge is 0.262 e. The molecule has 2 aliphatic heterocycles. The first kappa shape index (κ1) is 23.4. The van der Waals surface area contributed by atoms with Gasteiger partial charge in [0.05, 0.1) is 22.9 Å². The lowest BCUT2D eigenvalue weighted by molar-refractivity contribution is -0.135. The van der Waals surface area contributed by atoms with Crippen molar-refractivity contribution >= 4 is 45.0 Å². The fourth-order valence-electron chi connectivity index (χ4n) is 3.85. The normalized spacial score (nSPS) is 18.9. The van der Waals surface area contributed by atoms with Gasteiger partial charge >= 0.3 is 0 Å². The Bertz CT molecular complexity index is 1160. The van der Waals surface area contributed by atoms with E-state index in [1.807, 2.05) is 6.92 Å². The minimum atomic E-state index is -3.92. The molecule has 1 unspecified atom stereocenters. The van der Waals surface area contributed by atoms with Crippen molar-refractivity contribution in [1.82, 2.24) is 4.90 Å². The molecule has 1 atom stereocenters. The predicted molar refractivity (Wildman–Crippen MR) is 128 cm³/mol. The lowest BCUT2D eigenvalue weighted by atomic mass is 9.99. The van der Waals surface area contributed by atoms with Crippen LogP contribution in [0.3, 0.4) is 0 Å². The molecular weight excluding hydrogens is 462 g/mol. The van der Waals surface area contributed by atoms with Gasteiger partial charge in [-0.2, -0.15) is 0 Å². The van der Waals surface area contributed by atoms with Gasteiger partial charge in [0.2, 0.25) is 11.8 Å². The van der Waals surface area contributed by atoms with E-state index in [0.717, 1.165) is 24.6 Å². The minimum Gasteiger partial charge on any atom is -0.492 e. The molecule has 176 valence electrons. The standard InChI is InChI=1S/C23H27N3O5S2/c1-3-31-19-7-5-4-6-17(19)25-33(29,30)16-8-9-20-18(14-16)24-22(27)21(32-20)23(28)26-12-10-15(2)11-13-26/h4-9,14-15,21,25H,3,10-13H2,1-2H3,(H,24,27). The van der Waals surface area contributed by atoms with Crippen LogP contribution in [0.2, 0.25) is 0 Å². The summed E-state index contributed by atoms with van der Waals surface area (Å²) in [6.07, 6.45) is 1.87. The van der Waals surface area contributed by atoms with Crippen LogP contribution in [-0.2, 0) is 19.6 Å². The Kier molecular flexibility index (Phi) is 6.85. The van der Waals surface area contributed by atoms with Gasteiger partial charge in [-0.15, -0.1) is 11.8 Å². The van der Waals surface area contributed by atoms with Crippen LogP contribution in [0.25, 0.3) is 0 Å². The number of nitrogens with zero attached hydrogens (tertiary/aromatic N) is 1. The predicted octanol–water partition coefficient (Wildman–Crippen LogP) is 3.56. The zero-order valence-electron chi connectivity index (χ0n) is 18.5. The first-order chi connectivity index (χ1) is 15.8. The van der Waals surface area contributed by atoms with E-state index in [0.29, 0.717) is 47.6 Å². The molecule has 1 fully saturated rings. The summed E-state index contributed by atoms with van der Waals surface area (Å²) in [6.45, 7) is 5.69. The van der Waals surface area contributed by atoms with Gasteiger partial charge in [-0.25, -0.2) is 8.42 Å². The highest BCUT2D eigenvalue weighted by molar-refractivity contribution is 8.01. The number of hydrogen-bond donors (Lipinski definition) is 2. The lowest BCUT2D eigenvalue weighted by Gasteiger charge is -2.33. The molecule has 8 nitrogen and oxygen atoms in total. The Balaban J connectivity index is 1.52. The molecule has 2 heterocycles. The summed E-state index contributed by atoms with van der Waals surface area (Å²) in [5.41, 5.74) is 0.708. The van der Waals surface area contributed by atoms with E-state index in [4.69, 9.17) is 4.74 Å². The average molecular weight is 490 g/mol. The highest BCUT2D eigenvalue weighted by Gasteiger charge is 2.37. The van der Waals surface area contributed by atoms with E-state index < -0.39 is 21.2 Å². The summed E-state index contributed by atoms with van der Waals surface area (Å²) < 4.78 is 34.0. The van der Waals surface area contributed by atoms with Crippen LogP contribution >= 0.6 is 11.8 Å². The second-order valence-corrected chi connectivity index (χ2v) is 11.0. The fraction of sp³-hybridized carbons (Fsp3) is 0.391. The van der Waals surface area contributed by atoms with Crippen LogP contribution in [-0.4, -0.2) is 50.1 Å². The lowest BCUT2D eigenvalue weighted by Crippen LogP contribution is -2.47. The van der Waals surface area contributed by atoms with Gasteiger partial charge in [-0.3, -0.25) is 14.3 Å². The van der Waals surface area contributed by atoms with Gasteiger partial charge in [-0.05, 0) is 56.0 Å². The summed E-state index contributed by atoms with van der Waals surface area (Å²) >= 11 is 1.16. The minimum absolute atomic E-state index is 0.00301. The molecule has 1 saturated heterocycles. The maximum atomic E-state index is 13.0. The number of benzene rings is 2. The summed E-state index contributed by atoms with van der Waals surface area (Å²) in [4.78, 5) is 28.0. The molecule has 10 heteroatoms. The van der Waals surface area contributed by atoms with E-state index in [1.165, 1.54) is 12.1 Å². The molecule has 33 heavy (non-hydrogen) atoms. The van der Waals surface area contributed by atoms with Crippen molar-refractivity contribution in [2.75, 3.05) is 29.7 Å². The number of likely N-dealkylation sites (tertiary alicyclic amines) is 1. The molecule has 0 radical (unpaired) electrons. The van der Waals surface area contributed by atoms with E-state index in [2.05, 4.69) is 17.0 Å². The summed E-state index contributed by atoms with van der Waals surface area (Å²) in [7, 11) is -3.92. The Morgan fingerprint density at radius 3 is 2.67 bits per heavy atom. The Hall–Kier alpha value is -2.72. The number of carbonyl (C=O) groups is 2. The van der Waals surface area contributed by atoms with Gasteiger partial charge in [0, 0.05) is 18.0 Å².